The van der Waals surface area contributed by atoms with Crippen LogP contribution in [0.15, 0.2) is 24.3 Å². The number of benzene rings is 1. The van der Waals surface area contributed by atoms with Gasteiger partial charge in [-0.25, -0.2) is 18.7 Å². The smallest absolute Gasteiger partial charge is 0.233 e. The Bertz CT molecular complexity index is 559. The van der Waals surface area contributed by atoms with Gasteiger partial charge in [0.2, 0.25) is 0 Å². The van der Waals surface area contributed by atoms with E-state index in [1.807, 2.05) is 13.8 Å². The summed E-state index contributed by atoms with van der Waals surface area (Å²) in [5.74, 6) is 0.459. The number of nitrogens with zero attached hydrogens (tertiary/aromatic N) is 2. The first-order valence-corrected chi connectivity index (χ1v) is 6.32. The molecule has 0 atom stereocenters. The van der Waals surface area contributed by atoms with Crippen LogP contribution in [0.25, 0.3) is 11.4 Å². The lowest BCUT2D eigenvalue weighted by Gasteiger charge is -2.08. The largest absolute Gasteiger partial charge is 0.263 e. The van der Waals surface area contributed by atoms with Crippen molar-refractivity contribution in [3.8, 4) is 11.4 Å². The molecule has 0 aliphatic rings. The van der Waals surface area contributed by atoms with Gasteiger partial charge >= 0.3 is 0 Å². The van der Waals surface area contributed by atoms with Crippen molar-refractivity contribution in [2.45, 2.75) is 26.7 Å². The Labute approximate surface area is 115 Å². The fraction of sp³-hybridized carbons (Fsp3) is 0.286. The summed E-state index contributed by atoms with van der Waals surface area (Å²) in [7, 11) is 0. The molecule has 0 saturated carbocycles. The second-order valence-corrected chi connectivity index (χ2v) is 4.54. The van der Waals surface area contributed by atoms with Crippen molar-refractivity contribution in [2.24, 2.45) is 0 Å². The molecule has 1 aromatic carbocycles. The summed E-state index contributed by atoms with van der Waals surface area (Å²) in [5, 5.41) is 0.419. The van der Waals surface area contributed by atoms with Gasteiger partial charge in [0.25, 0.3) is 6.43 Å². The SMILES string of the molecule is CCc1c(C)nc(-c2ccc(C(F)F)cc2)nc1Cl. The van der Waals surface area contributed by atoms with Gasteiger partial charge in [-0.3, -0.25) is 0 Å². The zero-order valence-corrected chi connectivity index (χ0v) is 11.4. The van der Waals surface area contributed by atoms with Crippen LogP contribution in [0.2, 0.25) is 5.15 Å². The van der Waals surface area contributed by atoms with Crippen molar-refractivity contribution in [3.05, 3.63) is 46.2 Å². The lowest BCUT2D eigenvalue weighted by atomic mass is 10.1. The molecule has 0 N–H and O–H groups in total. The van der Waals surface area contributed by atoms with Crippen LogP contribution < -0.4 is 0 Å². The second-order valence-electron chi connectivity index (χ2n) is 4.18. The summed E-state index contributed by atoms with van der Waals surface area (Å²) < 4.78 is 25.0. The van der Waals surface area contributed by atoms with E-state index in [4.69, 9.17) is 11.6 Å². The molecule has 1 heterocycles. The van der Waals surface area contributed by atoms with Crippen molar-refractivity contribution in [2.75, 3.05) is 0 Å². The van der Waals surface area contributed by atoms with Crippen molar-refractivity contribution >= 4 is 11.6 Å². The van der Waals surface area contributed by atoms with Gasteiger partial charge < -0.3 is 0 Å². The van der Waals surface area contributed by atoms with Crippen molar-refractivity contribution < 1.29 is 8.78 Å². The van der Waals surface area contributed by atoms with E-state index in [-0.39, 0.29) is 5.56 Å². The van der Waals surface area contributed by atoms with E-state index in [0.717, 1.165) is 17.7 Å². The third-order valence-electron chi connectivity index (χ3n) is 2.94. The Morgan fingerprint density at radius 3 is 2.26 bits per heavy atom. The summed E-state index contributed by atoms with van der Waals surface area (Å²) in [6.45, 7) is 3.85. The monoisotopic (exact) mass is 282 g/mol. The van der Waals surface area contributed by atoms with Crippen LogP contribution in [-0.4, -0.2) is 9.97 Å². The summed E-state index contributed by atoms with van der Waals surface area (Å²) in [5.41, 5.74) is 2.39. The van der Waals surface area contributed by atoms with Crippen molar-refractivity contribution in [3.63, 3.8) is 0 Å². The number of aromatic nitrogens is 2. The quantitative estimate of drug-likeness (QED) is 0.769. The van der Waals surface area contributed by atoms with Crippen LogP contribution in [0, 0.1) is 6.92 Å². The van der Waals surface area contributed by atoms with Gasteiger partial charge in [0.1, 0.15) is 5.15 Å². The summed E-state index contributed by atoms with van der Waals surface area (Å²) in [6, 6.07) is 5.91. The number of halogens is 3. The van der Waals surface area contributed by atoms with Crippen LogP contribution in [-0.2, 0) is 6.42 Å². The first-order valence-electron chi connectivity index (χ1n) is 5.94. The van der Waals surface area contributed by atoms with Crippen LogP contribution in [0.5, 0.6) is 0 Å². The molecule has 2 aromatic rings. The molecule has 0 bridgehead atoms. The molecule has 0 unspecified atom stereocenters. The molecule has 19 heavy (non-hydrogen) atoms. The predicted molar refractivity (Wildman–Crippen MR) is 71.6 cm³/mol. The Kier molecular flexibility index (Phi) is 4.10. The molecule has 100 valence electrons. The third kappa shape index (κ3) is 2.89. The first-order chi connectivity index (χ1) is 9.02. The van der Waals surface area contributed by atoms with E-state index in [0.29, 0.717) is 16.5 Å². The number of aryl methyl sites for hydroxylation is 1. The van der Waals surface area contributed by atoms with Gasteiger partial charge in [0.15, 0.2) is 5.82 Å². The fourth-order valence-electron chi connectivity index (χ4n) is 1.87. The maximum atomic E-state index is 12.5. The fourth-order valence-corrected chi connectivity index (χ4v) is 2.22. The average Bonchev–Trinajstić information content (AvgIpc) is 2.38. The first kappa shape index (κ1) is 13.9. The van der Waals surface area contributed by atoms with Crippen molar-refractivity contribution in [1.82, 2.24) is 9.97 Å². The number of hydrogen-bond donors (Lipinski definition) is 0. The van der Waals surface area contributed by atoms with Crippen LogP contribution >= 0.6 is 11.6 Å². The summed E-state index contributed by atoms with van der Waals surface area (Å²) >= 11 is 6.10. The zero-order chi connectivity index (χ0) is 14.0. The molecule has 0 spiro atoms. The van der Waals surface area contributed by atoms with Crippen LogP contribution in [0.3, 0.4) is 0 Å². The normalized spacial score (nSPS) is 11.1. The molecule has 0 amide bonds. The highest BCUT2D eigenvalue weighted by Gasteiger charge is 2.11. The number of rotatable bonds is 3. The van der Waals surface area contributed by atoms with E-state index >= 15 is 0 Å². The number of alkyl halides is 2. The summed E-state index contributed by atoms with van der Waals surface area (Å²) in [6.07, 6.45) is -1.71. The average molecular weight is 283 g/mol. The molecule has 2 rings (SSSR count). The predicted octanol–water partition coefficient (Wildman–Crippen LogP) is 4.61. The van der Waals surface area contributed by atoms with Gasteiger partial charge in [0, 0.05) is 22.4 Å². The van der Waals surface area contributed by atoms with E-state index in [9.17, 15) is 8.78 Å². The zero-order valence-electron chi connectivity index (χ0n) is 10.6. The molecule has 0 saturated heterocycles. The highest BCUT2D eigenvalue weighted by atomic mass is 35.5. The minimum Gasteiger partial charge on any atom is -0.233 e. The minimum absolute atomic E-state index is 0.0169. The third-order valence-corrected chi connectivity index (χ3v) is 3.25. The molecule has 2 nitrogen and oxygen atoms in total. The van der Waals surface area contributed by atoms with Gasteiger partial charge in [-0.2, -0.15) is 0 Å². The summed E-state index contributed by atoms with van der Waals surface area (Å²) in [4.78, 5) is 8.58. The molecular weight excluding hydrogens is 270 g/mol. The van der Waals surface area contributed by atoms with Gasteiger partial charge in [-0.15, -0.1) is 0 Å². The molecule has 0 radical (unpaired) electrons. The molecule has 0 aliphatic carbocycles. The Morgan fingerprint density at radius 1 is 1.16 bits per heavy atom. The van der Waals surface area contributed by atoms with Crippen molar-refractivity contribution in [1.29, 1.82) is 0 Å². The lowest BCUT2D eigenvalue weighted by molar-refractivity contribution is 0.151. The Balaban J connectivity index is 2.42. The Hall–Kier alpha value is -1.55. The topological polar surface area (TPSA) is 25.8 Å². The van der Waals surface area contributed by atoms with Crippen LogP contribution in [0.4, 0.5) is 8.78 Å². The van der Waals surface area contributed by atoms with Gasteiger partial charge in [-0.1, -0.05) is 42.8 Å². The molecule has 0 fully saturated rings. The maximum absolute atomic E-state index is 12.5. The molecular formula is C14H13ClF2N2. The van der Waals surface area contributed by atoms with Gasteiger partial charge in [-0.05, 0) is 13.3 Å². The van der Waals surface area contributed by atoms with Crippen LogP contribution in [0.1, 0.15) is 30.2 Å². The maximum Gasteiger partial charge on any atom is 0.263 e. The van der Waals surface area contributed by atoms with Gasteiger partial charge in [0.05, 0.1) is 0 Å². The highest BCUT2D eigenvalue weighted by molar-refractivity contribution is 6.30. The van der Waals surface area contributed by atoms with E-state index < -0.39 is 6.43 Å². The highest BCUT2D eigenvalue weighted by Crippen LogP contribution is 2.25. The number of hydrogen-bond acceptors (Lipinski definition) is 2. The minimum atomic E-state index is -2.47. The van der Waals surface area contributed by atoms with E-state index in [1.165, 1.54) is 12.1 Å². The molecule has 1 aromatic heterocycles. The standard InChI is InChI=1S/C14H13ClF2N2/c1-3-11-8(2)18-14(19-12(11)15)10-6-4-9(5-7-10)13(16)17/h4-7,13H,3H2,1-2H3. The lowest BCUT2D eigenvalue weighted by Crippen LogP contribution is -1.99. The molecule has 5 heteroatoms. The van der Waals surface area contributed by atoms with E-state index in [2.05, 4.69) is 9.97 Å². The van der Waals surface area contributed by atoms with E-state index in [1.54, 1.807) is 12.1 Å². The second kappa shape index (κ2) is 5.61. The molecule has 0 aliphatic heterocycles. The Morgan fingerprint density at radius 2 is 1.79 bits per heavy atom.